The number of anilines is 2. The molecule has 4 aromatic rings. The second-order valence-electron chi connectivity index (χ2n) is 7.02. The maximum absolute atomic E-state index is 6.40. The Morgan fingerprint density at radius 3 is 2.67 bits per heavy atom. The molecule has 0 atom stereocenters. The number of pyridine rings is 2. The Bertz CT molecular complexity index is 1130. The zero-order valence-electron chi connectivity index (χ0n) is 15.2. The Hall–Kier alpha value is -3.19. The standard InChI is InChI=1S/C20H21N7/c1-26-8-10-27(11-9-26)17-7-6-16-20(24-17)25-19(23-16)14-12-22-15-5-3-2-4-13(15)18(14)21/h2-7,12H,8-11H2,1H3,(H2,21,22)(H,23,24,25). The lowest BCUT2D eigenvalue weighted by Crippen LogP contribution is -2.44. The highest BCUT2D eigenvalue weighted by atomic mass is 15.3. The van der Waals surface area contributed by atoms with Crippen LogP contribution in [0, 0.1) is 0 Å². The zero-order valence-corrected chi connectivity index (χ0v) is 15.2. The van der Waals surface area contributed by atoms with Gasteiger partial charge < -0.3 is 20.5 Å². The Labute approximate surface area is 156 Å². The molecule has 4 heterocycles. The van der Waals surface area contributed by atoms with E-state index >= 15 is 0 Å². The number of nitrogens with one attached hydrogen (secondary N) is 1. The third-order valence-electron chi connectivity index (χ3n) is 5.23. The lowest BCUT2D eigenvalue weighted by molar-refractivity contribution is 0.312. The van der Waals surface area contributed by atoms with Crippen LogP contribution in [0.1, 0.15) is 0 Å². The minimum absolute atomic E-state index is 0.680. The first-order valence-corrected chi connectivity index (χ1v) is 9.13. The molecule has 27 heavy (non-hydrogen) atoms. The summed E-state index contributed by atoms with van der Waals surface area (Å²) in [7, 11) is 2.15. The quantitative estimate of drug-likeness (QED) is 0.572. The van der Waals surface area contributed by atoms with Crippen LogP contribution in [0.3, 0.4) is 0 Å². The van der Waals surface area contributed by atoms with Crippen molar-refractivity contribution in [2.45, 2.75) is 0 Å². The summed E-state index contributed by atoms with van der Waals surface area (Å²) >= 11 is 0. The van der Waals surface area contributed by atoms with Gasteiger partial charge in [-0.15, -0.1) is 0 Å². The highest BCUT2D eigenvalue weighted by Gasteiger charge is 2.17. The number of nitrogens with zero attached hydrogens (tertiary/aromatic N) is 5. The van der Waals surface area contributed by atoms with Crippen LogP contribution >= 0.6 is 0 Å². The van der Waals surface area contributed by atoms with Crippen molar-refractivity contribution in [1.29, 1.82) is 0 Å². The van der Waals surface area contributed by atoms with E-state index in [0.717, 1.165) is 54.0 Å². The minimum atomic E-state index is 0.680. The van der Waals surface area contributed by atoms with Gasteiger partial charge in [-0.3, -0.25) is 4.98 Å². The van der Waals surface area contributed by atoms with Crippen molar-refractivity contribution >= 4 is 33.6 Å². The Morgan fingerprint density at radius 2 is 1.81 bits per heavy atom. The third kappa shape index (κ3) is 2.76. The number of para-hydroxylation sites is 1. The Morgan fingerprint density at radius 1 is 1.00 bits per heavy atom. The molecule has 7 nitrogen and oxygen atoms in total. The predicted molar refractivity (Wildman–Crippen MR) is 109 cm³/mol. The van der Waals surface area contributed by atoms with Crippen molar-refractivity contribution in [1.82, 2.24) is 24.8 Å². The van der Waals surface area contributed by atoms with E-state index in [9.17, 15) is 0 Å². The van der Waals surface area contributed by atoms with Gasteiger partial charge in [-0.25, -0.2) is 9.97 Å². The fourth-order valence-corrected chi connectivity index (χ4v) is 3.57. The summed E-state index contributed by atoms with van der Waals surface area (Å²) in [5, 5.41) is 0.932. The van der Waals surface area contributed by atoms with Gasteiger partial charge in [0, 0.05) is 37.8 Å². The van der Waals surface area contributed by atoms with E-state index in [4.69, 9.17) is 15.7 Å². The molecule has 136 valence electrons. The number of piperazine rings is 1. The molecule has 1 aliphatic heterocycles. The normalized spacial score (nSPS) is 15.7. The van der Waals surface area contributed by atoms with Crippen LogP contribution in [0.15, 0.2) is 42.6 Å². The number of likely N-dealkylation sites (N-methyl/N-ethyl adjacent to an activating group) is 1. The highest BCUT2D eigenvalue weighted by Crippen LogP contribution is 2.30. The van der Waals surface area contributed by atoms with Crippen molar-refractivity contribution in [3.63, 3.8) is 0 Å². The molecule has 1 aliphatic rings. The van der Waals surface area contributed by atoms with Crippen LogP contribution in [-0.2, 0) is 0 Å². The molecular weight excluding hydrogens is 338 g/mol. The average molecular weight is 359 g/mol. The van der Waals surface area contributed by atoms with E-state index < -0.39 is 0 Å². The summed E-state index contributed by atoms with van der Waals surface area (Å²) in [4.78, 5) is 21.9. The lowest BCUT2D eigenvalue weighted by Gasteiger charge is -2.33. The molecule has 1 saturated heterocycles. The van der Waals surface area contributed by atoms with Crippen molar-refractivity contribution in [3.8, 4) is 11.4 Å². The fourth-order valence-electron chi connectivity index (χ4n) is 3.57. The minimum Gasteiger partial charge on any atom is -0.398 e. The van der Waals surface area contributed by atoms with E-state index in [2.05, 4.69) is 32.9 Å². The molecule has 3 N–H and O–H groups in total. The first kappa shape index (κ1) is 16.0. The SMILES string of the molecule is CN1CCN(c2ccc3[nH]c(-c4cnc5ccccc5c4N)nc3n2)CC1. The molecule has 7 heteroatoms. The van der Waals surface area contributed by atoms with Gasteiger partial charge in [-0.05, 0) is 25.2 Å². The molecule has 5 rings (SSSR count). The van der Waals surface area contributed by atoms with Gasteiger partial charge in [-0.1, -0.05) is 18.2 Å². The van der Waals surface area contributed by atoms with Gasteiger partial charge in [0.2, 0.25) is 0 Å². The van der Waals surface area contributed by atoms with E-state index in [0.29, 0.717) is 17.2 Å². The summed E-state index contributed by atoms with van der Waals surface area (Å²) in [6.07, 6.45) is 1.77. The van der Waals surface area contributed by atoms with Crippen LogP contribution in [0.25, 0.3) is 33.5 Å². The number of aromatic amines is 1. The number of nitrogen functional groups attached to an aromatic ring is 1. The van der Waals surface area contributed by atoms with Crippen LogP contribution in [0.5, 0.6) is 0 Å². The van der Waals surface area contributed by atoms with Gasteiger partial charge >= 0.3 is 0 Å². The fraction of sp³-hybridized carbons (Fsp3) is 0.250. The number of aromatic nitrogens is 4. The first-order chi connectivity index (χ1) is 13.2. The summed E-state index contributed by atoms with van der Waals surface area (Å²) in [5.74, 6) is 1.67. The van der Waals surface area contributed by atoms with Crippen molar-refractivity contribution in [2.24, 2.45) is 0 Å². The van der Waals surface area contributed by atoms with E-state index in [1.807, 2.05) is 30.3 Å². The third-order valence-corrected chi connectivity index (χ3v) is 5.23. The number of H-pyrrole nitrogens is 1. The highest BCUT2D eigenvalue weighted by molar-refractivity contribution is 5.97. The predicted octanol–water partition coefficient (Wildman–Crippen LogP) is 2.51. The zero-order chi connectivity index (χ0) is 18.4. The summed E-state index contributed by atoms with van der Waals surface area (Å²) < 4.78 is 0. The van der Waals surface area contributed by atoms with Gasteiger partial charge in [0.25, 0.3) is 0 Å². The van der Waals surface area contributed by atoms with Gasteiger partial charge in [-0.2, -0.15) is 0 Å². The maximum Gasteiger partial charge on any atom is 0.180 e. The molecule has 0 spiro atoms. The molecule has 1 aromatic carbocycles. The van der Waals surface area contributed by atoms with Gasteiger partial charge in [0.05, 0.1) is 22.3 Å². The van der Waals surface area contributed by atoms with Gasteiger partial charge in [0.1, 0.15) is 11.6 Å². The number of nitrogens with two attached hydrogens (primary N) is 1. The molecule has 0 amide bonds. The average Bonchev–Trinajstić information content (AvgIpc) is 3.12. The van der Waals surface area contributed by atoms with Crippen molar-refractivity contribution in [3.05, 3.63) is 42.6 Å². The van der Waals surface area contributed by atoms with E-state index in [-0.39, 0.29) is 0 Å². The number of hydrogen-bond acceptors (Lipinski definition) is 6. The topological polar surface area (TPSA) is 87.0 Å². The second kappa shape index (κ2) is 6.21. The largest absolute Gasteiger partial charge is 0.398 e. The molecule has 0 saturated carbocycles. The first-order valence-electron chi connectivity index (χ1n) is 9.13. The Balaban J connectivity index is 1.54. The summed E-state index contributed by atoms with van der Waals surface area (Å²) in [5.41, 5.74) is 10.4. The molecule has 0 radical (unpaired) electrons. The second-order valence-corrected chi connectivity index (χ2v) is 7.02. The number of fused-ring (bicyclic) bond motifs is 2. The molecule has 1 fully saturated rings. The van der Waals surface area contributed by atoms with Crippen LogP contribution in [0.4, 0.5) is 11.5 Å². The summed E-state index contributed by atoms with van der Waals surface area (Å²) in [6, 6.07) is 12.0. The number of benzene rings is 1. The lowest BCUT2D eigenvalue weighted by atomic mass is 10.1. The van der Waals surface area contributed by atoms with Crippen LogP contribution in [0.2, 0.25) is 0 Å². The molecule has 0 unspecified atom stereocenters. The van der Waals surface area contributed by atoms with Crippen LogP contribution in [-0.4, -0.2) is 58.1 Å². The molecule has 0 bridgehead atoms. The van der Waals surface area contributed by atoms with Crippen LogP contribution < -0.4 is 10.6 Å². The molecule has 3 aromatic heterocycles. The van der Waals surface area contributed by atoms with E-state index in [1.54, 1.807) is 6.20 Å². The van der Waals surface area contributed by atoms with Gasteiger partial charge in [0.15, 0.2) is 5.65 Å². The molecule has 0 aliphatic carbocycles. The van der Waals surface area contributed by atoms with E-state index in [1.165, 1.54) is 0 Å². The smallest absolute Gasteiger partial charge is 0.180 e. The Kier molecular flexibility index (Phi) is 3.68. The number of rotatable bonds is 2. The number of imidazole rings is 1. The maximum atomic E-state index is 6.40. The summed E-state index contributed by atoms with van der Waals surface area (Å²) in [6.45, 7) is 4.05. The van der Waals surface area contributed by atoms with Crippen molar-refractivity contribution in [2.75, 3.05) is 43.9 Å². The number of hydrogen-bond donors (Lipinski definition) is 2. The van der Waals surface area contributed by atoms with Crippen molar-refractivity contribution < 1.29 is 0 Å². The molecular formula is C20H21N7. The monoisotopic (exact) mass is 359 g/mol.